The molecule has 0 spiro atoms. The molecule has 0 unspecified atom stereocenters. The van der Waals surface area contributed by atoms with Gasteiger partial charge in [0, 0.05) is 0 Å². The van der Waals surface area contributed by atoms with Gasteiger partial charge in [-0.15, -0.1) is 0 Å². The minimum atomic E-state index is -1.32. The van der Waals surface area contributed by atoms with Crippen molar-refractivity contribution in [1.29, 1.82) is 0 Å². The maximum absolute atomic E-state index is 6.45. The van der Waals surface area contributed by atoms with Gasteiger partial charge in [-0.1, -0.05) is 19.2 Å². The number of ether oxygens (including phenoxy) is 2. The van der Waals surface area contributed by atoms with Crippen LogP contribution in [0.2, 0.25) is 13.1 Å². The normalized spacial score (nSPS) is 24.3. The maximum Gasteiger partial charge on any atom is 0.167 e. The van der Waals surface area contributed by atoms with Gasteiger partial charge >= 0.3 is 0 Å². The molecule has 24 heavy (non-hydrogen) atoms. The summed E-state index contributed by atoms with van der Waals surface area (Å²) in [6.07, 6.45) is 7.33. The highest BCUT2D eigenvalue weighted by atomic mass is 28.3. The average molecular weight is 347 g/mol. The Kier molecular flexibility index (Phi) is 4.23. The lowest BCUT2D eigenvalue weighted by Gasteiger charge is -2.34. The van der Waals surface area contributed by atoms with Gasteiger partial charge in [-0.05, 0) is 26.8 Å². The van der Waals surface area contributed by atoms with E-state index in [9.17, 15) is 0 Å². The average Bonchev–Trinajstić information content (AvgIpc) is 3.09. The molecule has 1 aliphatic heterocycles. The molecule has 0 bridgehead atoms. The molecule has 8 heteroatoms. The maximum atomic E-state index is 6.45. The first-order chi connectivity index (χ1) is 11.2. The number of hydrogen-bond donors (Lipinski definition) is 1. The van der Waals surface area contributed by atoms with Gasteiger partial charge in [0.2, 0.25) is 0 Å². The molecule has 0 saturated carbocycles. The topological polar surface area (TPSA) is 88.1 Å². The molecule has 0 aliphatic carbocycles. The molecule has 2 aromatic rings. The zero-order chi connectivity index (χ0) is 17.5. The van der Waals surface area contributed by atoms with E-state index >= 15 is 0 Å². The predicted molar refractivity (Wildman–Crippen MR) is 96.3 cm³/mol. The van der Waals surface area contributed by atoms with Crippen molar-refractivity contribution >= 4 is 25.8 Å². The summed E-state index contributed by atoms with van der Waals surface area (Å²) < 4.78 is 14.3. The first-order valence-corrected chi connectivity index (χ1v) is 11.1. The van der Waals surface area contributed by atoms with Crippen LogP contribution < -0.4 is 5.73 Å². The van der Waals surface area contributed by atoms with Crippen LogP contribution in [0.5, 0.6) is 0 Å². The molecule has 3 heterocycles. The predicted octanol–water partition coefficient (Wildman–Crippen LogP) is 1.86. The fourth-order valence-electron chi connectivity index (χ4n) is 2.84. The van der Waals surface area contributed by atoms with Crippen LogP contribution in [0.4, 0.5) is 5.82 Å². The third kappa shape index (κ3) is 2.96. The van der Waals surface area contributed by atoms with Crippen molar-refractivity contribution in [3.05, 3.63) is 24.8 Å². The van der Waals surface area contributed by atoms with Crippen LogP contribution in [0, 0.1) is 0 Å². The molecule has 130 valence electrons. The van der Waals surface area contributed by atoms with E-state index in [-0.39, 0.29) is 11.7 Å². The third-order valence-corrected chi connectivity index (χ3v) is 6.40. The fraction of sp³-hybridized carbons (Fsp3) is 0.562. The van der Waals surface area contributed by atoms with Gasteiger partial charge in [-0.3, -0.25) is 4.57 Å². The number of aromatic nitrogens is 4. The van der Waals surface area contributed by atoms with Gasteiger partial charge in [0.25, 0.3) is 0 Å². The van der Waals surface area contributed by atoms with Crippen LogP contribution in [0.25, 0.3) is 11.2 Å². The van der Waals surface area contributed by atoms with Crippen molar-refractivity contribution in [3.63, 3.8) is 0 Å². The van der Waals surface area contributed by atoms with Gasteiger partial charge in [-0.25, -0.2) is 15.0 Å². The summed E-state index contributed by atoms with van der Waals surface area (Å²) in [4.78, 5) is 12.8. The Morgan fingerprint density at radius 3 is 2.75 bits per heavy atom. The molecule has 0 radical (unpaired) electrons. The molecule has 7 nitrogen and oxygen atoms in total. The second-order valence-electron chi connectivity index (χ2n) is 7.39. The van der Waals surface area contributed by atoms with Crippen LogP contribution >= 0.6 is 0 Å². The van der Waals surface area contributed by atoms with Gasteiger partial charge in [-0.2, -0.15) is 0 Å². The number of hydrogen-bond acceptors (Lipinski definition) is 6. The molecule has 0 aromatic carbocycles. The fourth-order valence-corrected chi connectivity index (χ4v) is 4.53. The van der Waals surface area contributed by atoms with E-state index < -0.39 is 14.1 Å². The summed E-state index contributed by atoms with van der Waals surface area (Å²) in [6.45, 7) is 11.1. The van der Waals surface area contributed by atoms with E-state index in [1.54, 1.807) is 6.33 Å². The van der Waals surface area contributed by atoms with E-state index in [0.29, 0.717) is 23.6 Å². The zero-order valence-corrected chi connectivity index (χ0v) is 16.0. The highest BCUT2D eigenvalue weighted by Gasteiger charge is 2.42. The first kappa shape index (κ1) is 17.1. The highest BCUT2D eigenvalue weighted by molar-refractivity contribution is 6.58. The summed E-state index contributed by atoms with van der Waals surface area (Å²) in [5, 5.41) is -0.526. The van der Waals surface area contributed by atoms with Crippen molar-refractivity contribution in [3.8, 4) is 0 Å². The summed E-state index contributed by atoms with van der Waals surface area (Å²) >= 11 is 0. The van der Waals surface area contributed by atoms with E-state index in [1.165, 1.54) is 6.33 Å². The van der Waals surface area contributed by atoms with Gasteiger partial charge in [0.15, 0.2) is 11.5 Å². The second-order valence-corrected chi connectivity index (χ2v) is 10.5. The number of imidazole rings is 1. The quantitative estimate of drug-likeness (QED) is 0.671. The standard InChI is InChI=1S/C16H25N5O2Si/c1-15(2,3)22-8-11-6-7-16(23-11,24(4)5)21-10-20-12-13(17)18-9-19-14(12)21/h6-7,9-11,24H,8H2,1-5H3,(H2,17,18,19)/t11-,16-/m0/s1. The summed E-state index contributed by atoms with van der Waals surface area (Å²) in [7, 11) is -1.32. The van der Waals surface area contributed by atoms with Crippen molar-refractivity contribution in [2.75, 3.05) is 12.3 Å². The van der Waals surface area contributed by atoms with E-state index in [0.717, 1.165) is 0 Å². The lowest BCUT2D eigenvalue weighted by Crippen LogP contribution is -2.45. The smallest absolute Gasteiger partial charge is 0.167 e. The summed E-state index contributed by atoms with van der Waals surface area (Å²) in [5.74, 6) is 0.383. The number of nitrogens with two attached hydrogens (primary N) is 1. The second kappa shape index (κ2) is 5.94. The van der Waals surface area contributed by atoms with Crippen LogP contribution in [-0.2, 0) is 14.8 Å². The molecule has 3 rings (SSSR count). The monoisotopic (exact) mass is 347 g/mol. The van der Waals surface area contributed by atoms with Crippen LogP contribution in [0.3, 0.4) is 0 Å². The van der Waals surface area contributed by atoms with Crippen molar-refractivity contribution in [2.24, 2.45) is 0 Å². The first-order valence-electron chi connectivity index (χ1n) is 8.18. The molecule has 2 N–H and O–H groups in total. The number of fused-ring (bicyclic) bond motifs is 1. The molecule has 0 fully saturated rings. The van der Waals surface area contributed by atoms with E-state index in [2.05, 4.69) is 40.2 Å². The number of nitrogens with zero attached hydrogens (tertiary/aromatic N) is 4. The van der Waals surface area contributed by atoms with Crippen molar-refractivity contribution < 1.29 is 9.47 Å². The summed E-state index contributed by atoms with van der Waals surface area (Å²) in [5.41, 5.74) is 7.03. The third-order valence-electron chi connectivity index (χ3n) is 4.14. The molecule has 1 aliphatic rings. The van der Waals surface area contributed by atoms with Crippen LogP contribution in [0.1, 0.15) is 20.8 Å². The minimum Gasteiger partial charge on any atom is -0.382 e. The highest BCUT2D eigenvalue weighted by Crippen LogP contribution is 2.34. The van der Waals surface area contributed by atoms with Crippen molar-refractivity contribution in [2.45, 2.75) is 50.9 Å². The summed E-state index contributed by atoms with van der Waals surface area (Å²) in [6, 6.07) is 0. The molecular weight excluding hydrogens is 322 g/mol. The molecule has 2 atom stereocenters. The van der Waals surface area contributed by atoms with Gasteiger partial charge < -0.3 is 15.2 Å². The zero-order valence-electron chi connectivity index (χ0n) is 14.9. The van der Waals surface area contributed by atoms with Gasteiger partial charge in [0.1, 0.15) is 32.1 Å². The number of rotatable bonds is 4. The largest absolute Gasteiger partial charge is 0.382 e. The molecule has 0 saturated heterocycles. The SMILES string of the molecule is C[SiH](C)[C@]1(n2cnc3c(N)ncnc32)C=C[C@@H](COC(C)(C)C)O1. The van der Waals surface area contributed by atoms with Gasteiger partial charge in [0.05, 0.1) is 18.5 Å². The van der Waals surface area contributed by atoms with Crippen LogP contribution in [-0.4, -0.2) is 46.6 Å². The number of anilines is 1. The number of nitrogen functional groups attached to an aromatic ring is 1. The Hall–Kier alpha value is -1.77. The Bertz CT molecular complexity index is 767. The Labute approximate surface area is 143 Å². The molecular formula is C16H25N5O2Si. The van der Waals surface area contributed by atoms with E-state index in [1.807, 2.05) is 25.3 Å². The lowest BCUT2D eigenvalue weighted by atomic mass is 10.2. The van der Waals surface area contributed by atoms with Crippen LogP contribution in [0.15, 0.2) is 24.8 Å². The minimum absolute atomic E-state index is 0.0873. The molecule has 2 aromatic heterocycles. The molecule has 0 amide bonds. The van der Waals surface area contributed by atoms with Crippen molar-refractivity contribution in [1.82, 2.24) is 19.5 Å². The Balaban J connectivity index is 1.93. The Morgan fingerprint density at radius 1 is 1.33 bits per heavy atom. The Morgan fingerprint density at radius 2 is 2.08 bits per heavy atom. The van der Waals surface area contributed by atoms with E-state index in [4.69, 9.17) is 15.2 Å². The lowest BCUT2D eigenvalue weighted by molar-refractivity contribution is -0.0898.